The molecule has 0 aliphatic heterocycles. The van der Waals surface area contributed by atoms with Crippen LogP contribution in [0.15, 0.2) is 29.2 Å². The molecule has 2 aliphatic carbocycles. The van der Waals surface area contributed by atoms with Crippen molar-refractivity contribution in [1.82, 2.24) is 0 Å². The fraction of sp³-hybridized carbons (Fsp3) is 0.710. The molecule has 6 heteroatoms. The van der Waals surface area contributed by atoms with Crippen molar-refractivity contribution in [3.8, 4) is 20.9 Å². The summed E-state index contributed by atoms with van der Waals surface area (Å²) < 4.78 is 2.91. The van der Waals surface area contributed by atoms with E-state index in [0.717, 1.165) is 53.1 Å². The topological polar surface area (TPSA) is 0 Å². The monoisotopic (exact) mass is 1220 g/mol. The van der Waals surface area contributed by atoms with E-state index in [1.54, 1.807) is 53.9 Å². The third-order valence-electron chi connectivity index (χ3n) is 16.9. The Kier molecular flexibility index (Phi) is 22.1. The van der Waals surface area contributed by atoms with Crippen LogP contribution in [0.1, 0.15) is 239 Å². The van der Waals surface area contributed by atoms with Crippen molar-refractivity contribution in [3.05, 3.63) is 57.9 Å². The molecule has 0 saturated heterocycles. The summed E-state index contributed by atoms with van der Waals surface area (Å²) in [4.78, 5) is 4.69. The summed E-state index contributed by atoms with van der Waals surface area (Å²) in [6.45, 7) is 29.5. The largest absolute Gasteiger partial charge is 0.175 e. The fourth-order valence-electron chi connectivity index (χ4n) is 12.7. The Bertz CT molecular complexity index is 2020. The van der Waals surface area contributed by atoms with Crippen LogP contribution in [0.25, 0.3) is 31.7 Å². The number of thiol groups is 1. The minimum Gasteiger partial charge on any atom is -0.175 e. The molecule has 0 fully saturated rings. The van der Waals surface area contributed by atoms with Gasteiger partial charge in [-0.2, -0.15) is 12.6 Å². The predicted molar refractivity (Wildman–Crippen MR) is 330 cm³/mol. The van der Waals surface area contributed by atoms with Crippen molar-refractivity contribution in [2.45, 2.75) is 233 Å². The molecule has 0 N–H and O–H groups in total. The summed E-state index contributed by atoms with van der Waals surface area (Å²) in [5.41, 5.74) is 11.4. The van der Waals surface area contributed by atoms with Crippen molar-refractivity contribution in [3.63, 3.8) is 0 Å². The number of hydrogen-bond donors (Lipinski definition) is 1. The van der Waals surface area contributed by atoms with Gasteiger partial charge in [0, 0.05) is 42.4 Å². The average molecular weight is 1220 g/mol. The molecule has 2 heterocycles. The lowest BCUT2D eigenvalue weighted by Crippen LogP contribution is -2.29. The first-order valence-corrected chi connectivity index (χ1v) is 33.4. The van der Waals surface area contributed by atoms with Crippen LogP contribution in [0.2, 0.25) is 0 Å². The zero-order valence-corrected chi connectivity index (χ0v) is 52.9. The van der Waals surface area contributed by atoms with Crippen LogP contribution in [0.5, 0.6) is 0 Å². The highest BCUT2D eigenvalue weighted by molar-refractivity contribution is 14.1. The third-order valence-corrected chi connectivity index (χ3v) is 21.8. The van der Waals surface area contributed by atoms with Gasteiger partial charge in [-0.15, -0.1) is 34.4 Å². The van der Waals surface area contributed by atoms with E-state index in [1.165, 1.54) is 145 Å². The molecule has 0 nitrogen and oxygen atoms in total. The molecule has 380 valence electrons. The van der Waals surface area contributed by atoms with Crippen molar-refractivity contribution in [1.29, 1.82) is 0 Å². The second-order valence-electron chi connectivity index (χ2n) is 24.5. The first kappa shape index (κ1) is 57.5. The highest BCUT2D eigenvalue weighted by atomic mass is 127. The summed E-state index contributed by atoms with van der Waals surface area (Å²) in [7, 11) is 0. The van der Waals surface area contributed by atoms with Crippen molar-refractivity contribution >= 4 is 103 Å². The van der Waals surface area contributed by atoms with Gasteiger partial charge in [-0.3, -0.25) is 0 Å². The Labute approximate surface area is 463 Å². The molecule has 0 saturated carbocycles. The van der Waals surface area contributed by atoms with Gasteiger partial charge in [-0.1, -0.05) is 160 Å². The van der Waals surface area contributed by atoms with Crippen LogP contribution in [0.4, 0.5) is 0 Å². The molecule has 0 bridgehead atoms. The zero-order chi connectivity index (χ0) is 49.5. The summed E-state index contributed by atoms with van der Waals surface area (Å²) in [5, 5.41) is 3.18. The molecule has 4 atom stereocenters. The van der Waals surface area contributed by atoms with E-state index >= 15 is 0 Å². The molecule has 0 amide bonds. The Balaban J connectivity index is 1.60. The number of fused-ring (bicyclic) bond motifs is 9. The third kappa shape index (κ3) is 13.6. The van der Waals surface area contributed by atoms with Crippen LogP contribution in [-0.2, 0) is 16.6 Å². The number of thiophene rings is 2. The normalized spacial score (nSPS) is 19.4. The summed E-state index contributed by atoms with van der Waals surface area (Å²) >= 11 is 16.9. The van der Waals surface area contributed by atoms with Crippen molar-refractivity contribution in [2.75, 3.05) is 6.26 Å². The van der Waals surface area contributed by atoms with Gasteiger partial charge in [0.25, 0.3) is 0 Å². The highest BCUT2D eigenvalue weighted by Crippen LogP contribution is 2.65. The summed E-state index contributed by atoms with van der Waals surface area (Å²) in [5.74, 6) is 6.80. The lowest BCUT2D eigenvalue weighted by atomic mass is 9.65. The minimum absolute atomic E-state index is 0.00162. The van der Waals surface area contributed by atoms with E-state index in [4.69, 9.17) is 12.6 Å². The quantitative estimate of drug-likeness (QED) is 0.0308. The second kappa shape index (κ2) is 26.2. The number of benzene rings is 2. The maximum absolute atomic E-state index is 5.34. The molecule has 2 aromatic carbocycles. The van der Waals surface area contributed by atoms with Gasteiger partial charge >= 0.3 is 0 Å². The van der Waals surface area contributed by atoms with Crippen molar-refractivity contribution < 1.29 is 0 Å². The van der Waals surface area contributed by atoms with E-state index in [2.05, 4.69) is 181 Å². The number of rotatable bonds is 30. The number of hydrogen-bond acceptors (Lipinski definition) is 4. The number of halogens is 2. The van der Waals surface area contributed by atoms with E-state index < -0.39 is 0 Å². The van der Waals surface area contributed by atoms with Gasteiger partial charge in [0.15, 0.2) is 0 Å². The first-order chi connectivity index (χ1) is 32.3. The maximum Gasteiger partial charge on any atom is 0.0663 e. The lowest BCUT2D eigenvalue weighted by molar-refractivity contribution is 0.328. The molecule has 2 aromatic heterocycles. The maximum atomic E-state index is 5.34. The van der Waals surface area contributed by atoms with Crippen LogP contribution < -0.4 is 0 Å². The van der Waals surface area contributed by atoms with Gasteiger partial charge in [0.2, 0.25) is 0 Å². The molecular formula is C62H94I2S4. The smallest absolute Gasteiger partial charge is 0.0663 e. The van der Waals surface area contributed by atoms with Crippen LogP contribution in [0.3, 0.4) is 0 Å². The fourth-order valence-corrected chi connectivity index (χ4v) is 17.8. The highest BCUT2D eigenvalue weighted by Gasteiger charge is 2.50. The Morgan fingerprint density at radius 1 is 0.471 bits per heavy atom. The van der Waals surface area contributed by atoms with Gasteiger partial charge in [-0.05, 0) is 213 Å². The van der Waals surface area contributed by atoms with Gasteiger partial charge in [-0.25, -0.2) is 0 Å². The van der Waals surface area contributed by atoms with Gasteiger partial charge in [0.1, 0.15) is 0 Å². The minimum atomic E-state index is 0.00162. The lowest BCUT2D eigenvalue weighted by Gasteiger charge is -2.38. The van der Waals surface area contributed by atoms with Gasteiger partial charge in [0.05, 0.1) is 5.77 Å². The summed E-state index contributed by atoms with van der Waals surface area (Å²) in [6, 6.07) is 10.8. The second-order valence-corrected chi connectivity index (χ2v) is 31.6. The van der Waals surface area contributed by atoms with Crippen molar-refractivity contribution in [2.24, 2.45) is 47.3 Å². The number of thioether (sulfide) groups is 1. The average Bonchev–Trinajstić information content (AvgIpc) is 3.99. The van der Waals surface area contributed by atoms with E-state index in [-0.39, 0.29) is 10.8 Å². The van der Waals surface area contributed by atoms with E-state index in [0.29, 0.717) is 0 Å². The summed E-state index contributed by atoms with van der Waals surface area (Å²) in [6.07, 6.45) is 28.7. The molecule has 68 heavy (non-hydrogen) atoms. The molecule has 6 rings (SSSR count). The molecule has 4 aromatic rings. The van der Waals surface area contributed by atoms with Gasteiger partial charge < -0.3 is 0 Å². The predicted octanol–water partition coefficient (Wildman–Crippen LogP) is 22.8. The molecule has 0 radical (unpaired) electrons. The Morgan fingerprint density at radius 2 is 0.809 bits per heavy atom. The molecule has 4 unspecified atom stereocenters. The molecular weight excluding hydrogens is 1130 g/mol. The Morgan fingerprint density at radius 3 is 1.15 bits per heavy atom. The SMILES string of the molecule is CSc1cc2c3c(c(CS)cc2c2c1-c1sc(I)cc1C2(CCC(C)CCCC(C)C)CCC(C)CCCC(C)C)-c1sc(I)cc1C3(CCC(C)CCCC(C)C)CCC(C)CCCC(C)C. The van der Waals surface area contributed by atoms with E-state index in [1.807, 2.05) is 11.8 Å². The van der Waals surface area contributed by atoms with Crippen LogP contribution in [0, 0.1) is 53.1 Å². The van der Waals surface area contributed by atoms with E-state index in [9.17, 15) is 0 Å². The van der Waals surface area contributed by atoms with Crippen LogP contribution in [-0.4, -0.2) is 6.26 Å². The van der Waals surface area contributed by atoms with Crippen LogP contribution >= 0.6 is 92.2 Å². The standard InChI is InChI=1S/C62H94I2S4/c1-39(2)18-14-22-43(9)26-30-61(31-27-44(10)23-15-19-40(3)4)50-36-53(63)67-59(50)55-47(38-65)34-48-49(57(55)61)35-52(66-13)56-58(48)62(51-37-54(64)68-60(51)56,32-28-45(11)24-16-20-41(5)6)33-29-46(12)25-17-21-42(7)8/h34-37,39-46,65H,14-33,38H2,1-13H3. The Hall–Kier alpha value is 0.260. The zero-order valence-electron chi connectivity index (χ0n) is 45.2. The first-order valence-electron chi connectivity index (χ1n) is 27.8. The molecule has 2 aliphatic rings. The molecule has 0 spiro atoms.